The van der Waals surface area contributed by atoms with Crippen molar-refractivity contribution in [2.75, 3.05) is 19.6 Å². The van der Waals surface area contributed by atoms with E-state index in [0.29, 0.717) is 24.3 Å². The molecule has 1 unspecified atom stereocenters. The van der Waals surface area contributed by atoms with Gasteiger partial charge < -0.3 is 20.2 Å². The third-order valence-electron chi connectivity index (χ3n) is 4.68. The number of amides is 1. The standard InChI is InChI=1S/C20H23FN2O3.C2H4O2/c1-13-10-17(15-5-3-8-22-12-15)26-20(25)18(13)19(24)23-9-7-14-4-2-6-16(21)11-14;1-2(3)4/h2,4,6,10-11,15,22H,3,5,7-9,12H2,1H3,(H,23,24);1H3,(H,3,4). The maximum absolute atomic E-state index is 13.2. The molecule has 162 valence electrons. The van der Waals surface area contributed by atoms with E-state index >= 15 is 0 Å². The number of carbonyl (C=O) groups excluding carboxylic acids is 1. The predicted octanol–water partition coefficient (Wildman–Crippen LogP) is 2.62. The van der Waals surface area contributed by atoms with Gasteiger partial charge in [0, 0.05) is 25.9 Å². The molecule has 8 heteroatoms. The second-order valence-corrected chi connectivity index (χ2v) is 7.19. The summed E-state index contributed by atoms with van der Waals surface area (Å²) in [4.78, 5) is 33.7. The molecule has 7 nitrogen and oxygen atoms in total. The molecule has 3 rings (SSSR count). The van der Waals surface area contributed by atoms with Crippen LogP contribution in [0.4, 0.5) is 4.39 Å². The van der Waals surface area contributed by atoms with Crippen molar-refractivity contribution in [1.29, 1.82) is 0 Å². The second-order valence-electron chi connectivity index (χ2n) is 7.19. The van der Waals surface area contributed by atoms with Crippen molar-refractivity contribution in [2.24, 2.45) is 0 Å². The first kappa shape index (κ1) is 23.3. The highest BCUT2D eigenvalue weighted by molar-refractivity contribution is 5.95. The van der Waals surface area contributed by atoms with Gasteiger partial charge >= 0.3 is 5.63 Å². The number of benzene rings is 1. The molecule has 30 heavy (non-hydrogen) atoms. The third-order valence-corrected chi connectivity index (χ3v) is 4.68. The molecule has 3 N–H and O–H groups in total. The molecule has 1 aliphatic rings. The van der Waals surface area contributed by atoms with E-state index in [1.807, 2.05) is 0 Å². The van der Waals surface area contributed by atoms with E-state index in [2.05, 4.69) is 10.6 Å². The Morgan fingerprint density at radius 1 is 1.33 bits per heavy atom. The quantitative estimate of drug-likeness (QED) is 0.689. The molecule has 2 aromatic rings. The van der Waals surface area contributed by atoms with Crippen LogP contribution in [0.2, 0.25) is 0 Å². The first-order valence-corrected chi connectivity index (χ1v) is 9.85. The number of piperidine rings is 1. The molecule has 1 aromatic carbocycles. The Morgan fingerprint density at radius 2 is 2.07 bits per heavy atom. The van der Waals surface area contributed by atoms with E-state index in [9.17, 15) is 14.0 Å². The Morgan fingerprint density at radius 3 is 2.67 bits per heavy atom. The van der Waals surface area contributed by atoms with Crippen LogP contribution in [0.1, 0.15) is 52.9 Å². The highest BCUT2D eigenvalue weighted by atomic mass is 19.1. The van der Waals surface area contributed by atoms with Crippen molar-refractivity contribution in [3.05, 3.63) is 69.0 Å². The molecule has 0 spiro atoms. The van der Waals surface area contributed by atoms with Crippen molar-refractivity contribution in [3.63, 3.8) is 0 Å². The van der Waals surface area contributed by atoms with Crippen LogP contribution in [-0.2, 0) is 11.2 Å². The first-order valence-electron chi connectivity index (χ1n) is 9.85. The van der Waals surface area contributed by atoms with Gasteiger partial charge in [0.15, 0.2) is 0 Å². The molecule has 0 bridgehead atoms. The van der Waals surface area contributed by atoms with Gasteiger partial charge in [-0.3, -0.25) is 9.59 Å². The molecular formula is C22H27FN2O5. The van der Waals surface area contributed by atoms with Crippen LogP contribution >= 0.6 is 0 Å². The number of hydrogen-bond acceptors (Lipinski definition) is 5. The average Bonchev–Trinajstić information content (AvgIpc) is 2.68. The fraction of sp³-hybridized carbons (Fsp3) is 0.409. The smallest absolute Gasteiger partial charge is 0.349 e. The minimum atomic E-state index is -0.833. The average molecular weight is 418 g/mol. The van der Waals surface area contributed by atoms with Gasteiger partial charge in [-0.05, 0) is 62.1 Å². The molecule has 0 radical (unpaired) electrons. The lowest BCUT2D eigenvalue weighted by Crippen LogP contribution is -2.32. The zero-order chi connectivity index (χ0) is 22.1. The number of aryl methyl sites for hydroxylation is 1. The number of nitrogens with one attached hydrogen (secondary N) is 2. The Hall–Kier alpha value is -3.00. The molecule has 1 aromatic heterocycles. The van der Waals surface area contributed by atoms with Crippen LogP contribution in [-0.4, -0.2) is 36.6 Å². The molecule has 1 atom stereocenters. The van der Waals surface area contributed by atoms with Crippen LogP contribution in [0.3, 0.4) is 0 Å². The molecule has 2 heterocycles. The summed E-state index contributed by atoms with van der Waals surface area (Å²) in [5.41, 5.74) is 0.838. The number of halogens is 1. The maximum Gasteiger partial charge on any atom is 0.349 e. The zero-order valence-corrected chi connectivity index (χ0v) is 17.2. The van der Waals surface area contributed by atoms with E-state index < -0.39 is 17.5 Å². The Kier molecular flexibility index (Phi) is 8.73. The van der Waals surface area contributed by atoms with Gasteiger partial charge in [0.25, 0.3) is 11.9 Å². The number of hydrogen-bond donors (Lipinski definition) is 3. The lowest BCUT2D eigenvalue weighted by Gasteiger charge is -2.22. The van der Waals surface area contributed by atoms with Gasteiger partial charge in [0.2, 0.25) is 0 Å². The summed E-state index contributed by atoms with van der Waals surface area (Å²) in [5, 5.41) is 13.4. The summed E-state index contributed by atoms with van der Waals surface area (Å²) in [6.45, 7) is 4.90. The number of carboxylic acids is 1. The van der Waals surface area contributed by atoms with Gasteiger partial charge in [-0.2, -0.15) is 0 Å². The van der Waals surface area contributed by atoms with Crippen molar-refractivity contribution in [2.45, 2.75) is 39.0 Å². The summed E-state index contributed by atoms with van der Waals surface area (Å²) < 4.78 is 18.6. The highest BCUT2D eigenvalue weighted by Gasteiger charge is 2.22. The van der Waals surface area contributed by atoms with Gasteiger partial charge in [-0.25, -0.2) is 9.18 Å². The third kappa shape index (κ3) is 7.11. The van der Waals surface area contributed by atoms with Gasteiger partial charge in [0.05, 0.1) is 0 Å². The Balaban J connectivity index is 0.000000735. The van der Waals surface area contributed by atoms with Crippen LogP contribution in [0.25, 0.3) is 0 Å². The fourth-order valence-corrected chi connectivity index (χ4v) is 3.30. The van der Waals surface area contributed by atoms with Crippen molar-refractivity contribution in [1.82, 2.24) is 10.6 Å². The minimum Gasteiger partial charge on any atom is -0.481 e. The number of rotatable bonds is 5. The Bertz CT molecular complexity index is 931. The number of aliphatic carboxylic acids is 1. The summed E-state index contributed by atoms with van der Waals surface area (Å²) in [6.07, 6.45) is 2.49. The van der Waals surface area contributed by atoms with Gasteiger partial charge in [-0.1, -0.05) is 12.1 Å². The largest absolute Gasteiger partial charge is 0.481 e. The summed E-state index contributed by atoms with van der Waals surface area (Å²) in [5.74, 6) is -0.796. The van der Waals surface area contributed by atoms with Crippen molar-refractivity contribution >= 4 is 11.9 Å². The van der Waals surface area contributed by atoms with Gasteiger partial charge in [0.1, 0.15) is 17.1 Å². The first-order chi connectivity index (χ1) is 14.3. The fourth-order valence-electron chi connectivity index (χ4n) is 3.30. The SMILES string of the molecule is CC(=O)O.Cc1cc(C2CCCNC2)oc(=O)c1C(=O)NCCc1cccc(F)c1. The molecule has 0 aliphatic carbocycles. The van der Waals surface area contributed by atoms with E-state index in [4.69, 9.17) is 14.3 Å². The number of carboxylic acid groups (broad SMARTS) is 1. The Labute approximate surface area is 174 Å². The highest BCUT2D eigenvalue weighted by Crippen LogP contribution is 2.23. The monoisotopic (exact) mass is 418 g/mol. The van der Waals surface area contributed by atoms with Crippen LogP contribution in [0.15, 0.2) is 39.5 Å². The van der Waals surface area contributed by atoms with E-state index in [1.54, 1.807) is 25.1 Å². The molecule has 1 saturated heterocycles. The van der Waals surface area contributed by atoms with Crippen molar-refractivity contribution < 1.29 is 23.5 Å². The normalized spacial score (nSPS) is 15.6. The topological polar surface area (TPSA) is 109 Å². The predicted molar refractivity (Wildman–Crippen MR) is 110 cm³/mol. The summed E-state index contributed by atoms with van der Waals surface area (Å²) >= 11 is 0. The van der Waals surface area contributed by atoms with Crippen LogP contribution in [0.5, 0.6) is 0 Å². The molecule has 1 aliphatic heterocycles. The lowest BCUT2D eigenvalue weighted by molar-refractivity contribution is -0.134. The zero-order valence-electron chi connectivity index (χ0n) is 17.2. The molecule has 1 fully saturated rings. The van der Waals surface area contributed by atoms with Crippen LogP contribution in [0, 0.1) is 12.7 Å². The van der Waals surface area contributed by atoms with Crippen LogP contribution < -0.4 is 16.3 Å². The molecule has 1 amide bonds. The lowest BCUT2D eigenvalue weighted by atomic mass is 9.95. The molecule has 0 saturated carbocycles. The second kappa shape index (κ2) is 11.3. The maximum atomic E-state index is 13.2. The van der Waals surface area contributed by atoms with E-state index in [1.165, 1.54) is 12.1 Å². The van der Waals surface area contributed by atoms with Crippen molar-refractivity contribution in [3.8, 4) is 0 Å². The summed E-state index contributed by atoms with van der Waals surface area (Å²) in [7, 11) is 0. The minimum absolute atomic E-state index is 0.0387. The molecular weight excluding hydrogens is 391 g/mol. The summed E-state index contributed by atoms with van der Waals surface area (Å²) in [6, 6.07) is 8.02. The van der Waals surface area contributed by atoms with Gasteiger partial charge in [-0.15, -0.1) is 0 Å². The van der Waals surface area contributed by atoms with E-state index in [-0.39, 0.29) is 17.3 Å². The van der Waals surface area contributed by atoms with E-state index in [0.717, 1.165) is 38.4 Å². The number of carbonyl (C=O) groups is 2.